The number of hydrogen-bond donors (Lipinski definition) is 1. The molecule has 2 heterocycles. The molecular formula is C16H18N2O5. The summed E-state index contributed by atoms with van der Waals surface area (Å²) in [5.74, 6) is -1.12. The third-order valence-electron chi connectivity index (χ3n) is 3.88. The Hall–Kier alpha value is -2.25. The van der Waals surface area contributed by atoms with E-state index in [1.165, 1.54) is 0 Å². The number of nitrogens with zero attached hydrogens (tertiary/aromatic N) is 1. The van der Waals surface area contributed by atoms with E-state index >= 15 is 0 Å². The first-order chi connectivity index (χ1) is 11.2. The molecule has 1 N–H and O–H groups in total. The fraction of sp³-hybridized carbons (Fsp3) is 0.438. The van der Waals surface area contributed by atoms with Crippen molar-refractivity contribution in [3.63, 3.8) is 0 Å². The van der Waals surface area contributed by atoms with Crippen molar-refractivity contribution >= 4 is 17.7 Å². The van der Waals surface area contributed by atoms with Crippen LogP contribution in [0.15, 0.2) is 24.3 Å². The molecule has 0 bridgehead atoms. The highest BCUT2D eigenvalue weighted by molar-refractivity contribution is 6.21. The quantitative estimate of drug-likeness (QED) is 0.652. The van der Waals surface area contributed by atoms with Gasteiger partial charge in [-0.2, -0.15) is 0 Å². The topological polar surface area (TPSA) is 84.9 Å². The first-order valence-corrected chi connectivity index (χ1v) is 7.68. The molecule has 3 amide bonds. The second-order valence-corrected chi connectivity index (χ2v) is 5.50. The highest BCUT2D eigenvalue weighted by Gasteiger charge is 2.35. The molecule has 0 saturated carbocycles. The van der Waals surface area contributed by atoms with Crippen molar-refractivity contribution in [3.05, 3.63) is 35.4 Å². The number of hydroxylamine groups is 1. The molecule has 1 aromatic carbocycles. The maximum absolute atomic E-state index is 12.1. The molecule has 2 aliphatic rings. The zero-order valence-electron chi connectivity index (χ0n) is 12.6. The average molecular weight is 318 g/mol. The molecule has 1 unspecified atom stereocenters. The van der Waals surface area contributed by atoms with Crippen LogP contribution in [-0.2, 0) is 14.4 Å². The number of ether oxygens (including phenoxy) is 1. The van der Waals surface area contributed by atoms with Crippen LogP contribution in [-0.4, -0.2) is 42.1 Å². The largest absolute Gasteiger partial charge is 0.350 e. The van der Waals surface area contributed by atoms with E-state index in [0.29, 0.717) is 17.7 Å². The van der Waals surface area contributed by atoms with E-state index in [2.05, 4.69) is 5.48 Å². The Morgan fingerprint density at radius 1 is 1.22 bits per heavy atom. The Labute approximate surface area is 133 Å². The van der Waals surface area contributed by atoms with Crippen molar-refractivity contribution in [2.45, 2.75) is 32.0 Å². The van der Waals surface area contributed by atoms with Gasteiger partial charge in [-0.15, -0.1) is 0 Å². The second-order valence-electron chi connectivity index (χ2n) is 5.50. The monoisotopic (exact) mass is 318 g/mol. The molecule has 7 nitrogen and oxygen atoms in total. The van der Waals surface area contributed by atoms with Gasteiger partial charge in [0.25, 0.3) is 11.8 Å². The Balaban J connectivity index is 1.48. The van der Waals surface area contributed by atoms with Crippen LogP contribution in [0.2, 0.25) is 0 Å². The molecule has 7 heteroatoms. The lowest BCUT2D eigenvalue weighted by atomic mass is 10.1. The van der Waals surface area contributed by atoms with Crippen LogP contribution in [0.1, 0.15) is 46.4 Å². The lowest BCUT2D eigenvalue weighted by Gasteiger charge is -2.22. The van der Waals surface area contributed by atoms with Crippen molar-refractivity contribution in [1.29, 1.82) is 0 Å². The minimum absolute atomic E-state index is 0.0157. The maximum Gasteiger partial charge on any atom is 0.261 e. The van der Waals surface area contributed by atoms with Crippen LogP contribution in [0.4, 0.5) is 0 Å². The van der Waals surface area contributed by atoms with E-state index in [1.54, 1.807) is 24.3 Å². The molecule has 1 atom stereocenters. The first-order valence-electron chi connectivity index (χ1n) is 7.68. The summed E-state index contributed by atoms with van der Waals surface area (Å²) in [7, 11) is 0. The molecule has 0 aliphatic carbocycles. The van der Waals surface area contributed by atoms with Gasteiger partial charge in [0.1, 0.15) is 0 Å². The van der Waals surface area contributed by atoms with Crippen LogP contribution in [0.3, 0.4) is 0 Å². The third kappa shape index (κ3) is 3.40. The minimum atomic E-state index is -0.424. The molecule has 122 valence electrons. The number of fused-ring (bicyclic) bond motifs is 1. The van der Waals surface area contributed by atoms with Crippen LogP contribution >= 0.6 is 0 Å². The Kier molecular flexibility index (Phi) is 4.68. The molecule has 0 spiro atoms. The van der Waals surface area contributed by atoms with E-state index in [9.17, 15) is 14.4 Å². The summed E-state index contributed by atoms with van der Waals surface area (Å²) in [5, 5.41) is 0. The highest BCUT2D eigenvalue weighted by atomic mass is 16.8. The third-order valence-corrected chi connectivity index (χ3v) is 3.88. The van der Waals surface area contributed by atoms with Gasteiger partial charge in [0.05, 0.1) is 11.1 Å². The van der Waals surface area contributed by atoms with Gasteiger partial charge in [-0.25, -0.2) is 10.3 Å². The minimum Gasteiger partial charge on any atom is -0.350 e. The summed E-state index contributed by atoms with van der Waals surface area (Å²) in [6, 6.07) is 6.63. The molecule has 3 rings (SSSR count). The molecule has 2 aliphatic heterocycles. The number of hydrogen-bond acceptors (Lipinski definition) is 5. The summed E-state index contributed by atoms with van der Waals surface area (Å²) in [5.41, 5.74) is 3.07. The predicted octanol–water partition coefficient (Wildman–Crippen LogP) is 1.25. The number of amides is 3. The summed E-state index contributed by atoms with van der Waals surface area (Å²) < 4.78 is 5.33. The van der Waals surface area contributed by atoms with Gasteiger partial charge in [-0.3, -0.25) is 19.3 Å². The van der Waals surface area contributed by atoms with Crippen molar-refractivity contribution < 1.29 is 24.0 Å². The number of rotatable bonds is 5. The zero-order chi connectivity index (χ0) is 16.2. The number of carbonyl (C=O) groups is 3. The van der Waals surface area contributed by atoms with E-state index in [1.807, 2.05) is 0 Å². The number of benzene rings is 1. The van der Waals surface area contributed by atoms with E-state index < -0.39 is 12.2 Å². The van der Waals surface area contributed by atoms with Crippen LogP contribution in [0.5, 0.6) is 0 Å². The van der Waals surface area contributed by atoms with Gasteiger partial charge < -0.3 is 4.74 Å². The molecule has 23 heavy (non-hydrogen) atoms. The summed E-state index contributed by atoms with van der Waals surface area (Å²) in [4.78, 5) is 42.3. The SMILES string of the molecule is O=C(CCN1C(=O)c2ccccc2C1=O)NOC1CCCCO1. The predicted molar refractivity (Wildman–Crippen MR) is 79.2 cm³/mol. The smallest absolute Gasteiger partial charge is 0.261 e. The second kappa shape index (κ2) is 6.89. The summed E-state index contributed by atoms with van der Waals surface area (Å²) >= 11 is 0. The van der Waals surface area contributed by atoms with Crippen LogP contribution in [0.25, 0.3) is 0 Å². The molecule has 0 aromatic heterocycles. The van der Waals surface area contributed by atoms with E-state index in [-0.39, 0.29) is 24.8 Å². The average Bonchev–Trinajstić information content (AvgIpc) is 2.83. The number of nitrogens with one attached hydrogen (secondary N) is 1. The van der Waals surface area contributed by atoms with Crippen molar-refractivity contribution in [3.8, 4) is 0 Å². The van der Waals surface area contributed by atoms with Crippen LogP contribution < -0.4 is 5.48 Å². The first kappa shape index (κ1) is 15.6. The number of carbonyl (C=O) groups excluding carboxylic acids is 3. The van der Waals surface area contributed by atoms with Crippen molar-refractivity contribution in [1.82, 2.24) is 10.4 Å². The lowest BCUT2D eigenvalue weighted by Crippen LogP contribution is -2.37. The maximum atomic E-state index is 12.1. The Morgan fingerprint density at radius 3 is 2.52 bits per heavy atom. The summed E-state index contributed by atoms with van der Waals surface area (Å²) in [6.07, 6.45) is 2.28. The normalized spacial score (nSPS) is 20.5. The van der Waals surface area contributed by atoms with Crippen molar-refractivity contribution in [2.75, 3.05) is 13.2 Å². The summed E-state index contributed by atoms with van der Waals surface area (Å²) in [6.45, 7) is 0.642. The fourth-order valence-electron chi connectivity index (χ4n) is 2.64. The van der Waals surface area contributed by atoms with Gasteiger partial charge in [0.15, 0.2) is 6.29 Å². The Morgan fingerprint density at radius 2 is 1.91 bits per heavy atom. The lowest BCUT2D eigenvalue weighted by molar-refractivity contribution is -0.200. The number of imide groups is 1. The van der Waals surface area contributed by atoms with E-state index in [4.69, 9.17) is 9.57 Å². The van der Waals surface area contributed by atoms with Gasteiger partial charge in [-0.05, 0) is 25.0 Å². The van der Waals surface area contributed by atoms with Gasteiger partial charge in [-0.1, -0.05) is 12.1 Å². The van der Waals surface area contributed by atoms with Crippen LogP contribution in [0, 0.1) is 0 Å². The molecule has 1 fully saturated rings. The zero-order valence-corrected chi connectivity index (χ0v) is 12.6. The Bertz CT molecular complexity index is 590. The van der Waals surface area contributed by atoms with Gasteiger partial charge >= 0.3 is 0 Å². The van der Waals surface area contributed by atoms with Gasteiger partial charge in [0, 0.05) is 26.0 Å². The molecule has 0 radical (unpaired) electrons. The molecular weight excluding hydrogens is 300 g/mol. The highest BCUT2D eigenvalue weighted by Crippen LogP contribution is 2.22. The standard InChI is InChI=1S/C16H18N2O5/c19-13(17-23-14-7-3-4-10-22-14)8-9-18-15(20)11-5-1-2-6-12(11)16(18)21/h1-2,5-6,14H,3-4,7-10H2,(H,17,19). The van der Waals surface area contributed by atoms with E-state index in [0.717, 1.165) is 24.2 Å². The molecule has 1 aromatic rings. The molecule has 1 saturated heterocycles. The fourth-order valence-corrected chi connectivity index (χ4v) is 2.64. The van der Waals surface area contributed by atoms with Crippen molar-refractivity contribution in [2.24, 2.45) is 0 Å². The van der Waals surface area contributed by atoms with Gasteiger partial charge in [0.2, 0.25) is 5.91 Å².